The molecule has 0 aliphatic heterocycles. The molecule has 0 spiro atoms. The van der Waals surface area contributed by atoms with Crippen LogP contribution in [0.1, 0.15) is 16.8 Å². The lowest BCUT2D eigenvalue weighted by Crippen LogP contribution is -2.37. The maximum Gasteiger partial charge on any atom is 0.337 e. The van der Waals surface area contributed by atoms with Crippen LogP contribution in [-0.2, 0) is 9.59 Å². The summed E-state index contributed by atoms with van der Waals surface area (Å²) in [5.74, 6) is -2.94. The highest BCUT2D eigenvalue weighted by molar-refractivity contribution is 6.03. The number of amides is 1. The lowest BCUT2D eigenvalue weighted by Gasteiger charge is -2.13. The molecule has 1 unspecified atom stereocenters. The van der Waals surface area contributed by atoms with Gasteiger partial charge in [0.15, 0.2) is 0 Å². The molecule has 5 N–H and O–H groups in total. The predicted molar refractivity (Wildman–Crippen MR) is 68.8 cm³/mol. The molecule has 0 heterocycles. The molecule has 20 heavy (non-hydrogen) atoms. The van der Waals surface area contributed by atoms with E-state index in [0.29, 0.717) is 5.75 Å². The van der Waals surface area contributed by atoms with Crippen LogP contribution in [0.4, 0.5) is 5.69 Å². The first-order valence-electron chi connectivity index (χ1n) is 5.54. The molecule has 0 aromatic heterocycles. The Morgan fingerprint density at radius 1 is 1.35 bits per heavy atom. The molecule has 0 radical (unpaired) electrons. The molecular formula is C12H14N2O6. The summed E-state index contributed by atoms with van der Waals surface area (Å²) in [6, 6.07) is 2.77. The fourth-order valence-electron chi connectivity index (χ4n) is 1.44. The number of nitrogens with one attached hydrogen (secondary N) is 1. The van der Waals surface area contributed by atoms with E-state index < -0.39 is 30.3 Å². The number of ether oxygens (including phenoxy) is 1. The zero-order valence-electron chi connectivity index (χ0n) is 10.6. The van der Waals surface area contributed by atoms with Gasteiger partial charge in [0, 0.05) is 0 Å². The molecule has 0 bridgehead atoms. The van der Waals surface area contributed by atoms with Crippen molar-refractivity contribution in [3.63, 3.8) is 0 Å². The smallest absolute Gasteiger partial charge is 0.337 e. The molecule has 1 rings (SSSR count). The van der Waals surface area contributed by atoms with E-state index in [4.69, 9.17) is 20.7 Å². The van der Waals surface area contributed by atoms with Gasteiger partial charge in [0.2, 0.25) is 5.91 Å². The van der Waals surface area contributed by atoms with E-state index in [-0.39, 0.29) is 11.3 Å². The van der Waals surface area contributed by atoms with Crippen molar-refractivity contribution >= 4 is 23.5 Å². The molecule has 108 valence electrons. The average molecular weight is 282 g/mol. The summed E-state index contributed by atoms with van der Waals surface area (Å²) in [6.45, 7) is 0. The average Bonchev–Trinajstić information content (AvgIpc) is 2.37. The summed E-state index contributed by atoms with van der Waals surface area (Å²) < 4.78 is 4.89. The monoisotopic (exact) mass is 282 g/mol. The molecule has 8 heteroatoms. The number of hydrogen-bond donors (Lipinski definition) is 4. The van der Waals surface area contributed by atoms with Crippen LogP contribution >= 0.6 is 0 Å². The number of nitrogens with two attached hydrogens (primary N) is 1. The van der Waals surface area contributed by atoms with Crippen molar-refractivity contribution in [3.05, 3.63) is 23.8 Å². The largest absolute Gasteiger partial charge is 0.497 e. The first-order chi connectivity index (χ1) is 9.35. The van der Waals surface area contributed by atoms with Gasteiger partial charge in [-0.05, 0) is 18.2 Å². The van der Waals surface area contributed by atoms with Crippen LogP contribution in [0.5, 0.6) is 5.75 Å². The van der Waals surface area contributed by atoms with Gasteiger partial charge in [-0.15, -0.1) is 0 Å². The van der Waals surface area contributed by atoms with Crippen molar-refractivity contribution in [1.82, 2.24) is 0 Å². The highest BCUT2D eigenvalue weighted by atomic mass is 16.5. The van der Waals surface area contributed by atoms with Gasteiger partial charge in [0.25, 0.3) is 0 Å². The molecule has 0 aliphatic carbocycles. The third-order valence-electron chi connectivity index (χ3n) is 2.45. The Morgan fingerprint density at radius 2 is 2.00 bits per heavy atom. The van der Waals surface area contributed by atoms with Crippen molar-refractivity contribution < 1.29 is 29.3 Å². The van der Waals surface area contributed by atoms with Gasteiger partial charge < -0.3 is 26.0 Å². The molecule has 0 aliphatic rings. The van der Waals surface area contributed by atoms with Gasteiger partial charge >= 0.3 is 11.9 Å². The summed E-state index contributed by atoms with van der Waals surface area (Å²) in [5, 5.41) is 19.9. The zero-order chi connectivity index (χ0) is 15.3. The summed E-state index contributed by atoms with van der Waals surface area (Å²) >= 11 is 0. The van der Waals surface area contributed by atoms with Crippen LogP contribution in [0.25, 0.3) is 0 Å². The SMILES string of the molecule is COc1ccc(NC(=O)C(N)CC(=O)O)c(C(=O)O)c1. The van der Waals surface area contributed by atoms with E-state index in [1.54, 1.807) is 0 Å². The van der Waals surface area contributed by atoms with Crippen LogP contribution in [0.3, 0.4) is 0 Å². The van der Waals surface area contributed by atoms with Crippen LogP contribution < -0.4 is 15.8 Å². The minimum Gasteiger partial charge on any atom is -0.497 e. The minimum absolute atomic E-state index is 0.0177. The first kappa shape index (κ1) is 15.4. The number of carboxylic acid groups (broad SMARTS) is 2. The highest BCUT2D eigenvalue weighted by Gasteiger charge is 2.20. The van der Waals surface area contributed by atoms with E-state index >= 15 is 0 Å². The number of anilines is 1. The predicted octanol–water partition coefficient (Wildman–Crippen LogP) is 0.134. The Balaban J connectivity index is 2.94. The van der Waals surface area contributed by atoms with Crippen LogP contribution in [-0.4, -0.2) is 41.2 Å². The first-order valence-corrected chi connectivity index (χ1v) is 5.54. The van der Waals surface area contributed by atoms with Crippen molar-refractivity contribution in [2.24, 2.45) is 5.73 Å². The van der Waals surface area contributed by atoms with E-state index in [0.717, 1.165) is 0 Å². The Bertz CT molecular complexity index is 543. The maximum absolute atomic E-state index is 11.7. The van der Waals surface area contributed by atoms with Gasteiger partial charge in [0.05, 0.1) is 30.8 Å². The van der Waals surface area contributed by atoms with E-state index in [9.17, 15) is 14.4 Å². The second-order valence-electron chi connectivity index (χ2n) is 3.91. The number of methoxy groups -OCH3 is 1. The fourth-order valence-corrected chi connectivity index (χ4v) is 1.44. The summed E-state index contributed by atoms with van der Waals surface area (Å²) in [7, 11) is 1.38. The molecule has 0 saturated heterocycles. The topological polar surface area (TPSA) is 139 Å². The normalized spacial score (nSPS) is 11.5. The third-order valence-corrected chi connectivity index (χ3v) is 2.45. The third kappa shape index (κ3) is 3.95. The molecule has 1 amide bonds. The summed E-state index contributed by atoms with van der Waals surface area (Å²) in [4.78, 5) is 33.2. The van der Waals surface area contributed by atoms with Gasteiger partial charge in [-0.3, -0.25) is 9.59 Å². The van der Waals surface area contributed by atoms with E-state index in [1.807, 2.05) is 0 Å². The number of benzene rings is 1. The molecule has 1 atom stereocenters. The minimum atomic E-state index is -1.27. The lowest BCUT2D eigenvalue weighted by atomic mass is 10.1. The number of carbonyl (C=O) groups is 3. The lowest BCUT2D eigenvalue weighted by molar-refractivity contribution is -0.138. The second-order valence-corrected chi connectivity index (χ2v) is 3.91. The van der Waals surface area contributed by atoms with Crippen molar-refractivity contribution in [3.8, 4) is 5.75 Å². The van der Waals surface area contributed by atoms with Gasteiger partial charge in [-0.2, -0.15) is 0 Å². The molecule has 0 fully saturated rings. The fraction of sp³-hybridized carbons (Fsp3) is 0.250. The summed E-state index contributed by atoms with van der Waals surface area (Å²) in [5.41, 5.74) is 5.22. The van der Waals surface area contributed by atoms with Crippen LogP contribution in [0, 0.1) is 0 Å². The number of aromatic carboxylic acids is 1. The van der Waals surface area contributed by atoms with E-state index in [2.05, 4.69) is 5.32 Å². The Morgan fingerprint density at radius 3 is 2.50 bits per heavy atom. The molecule has 1 aromatic rings. The summed E-state index contributed by atoms with van der Waals surface area (Å²) in [6.07, 6.45) is -0.551. The molecule has 1 aromatic carbocycles. The van der Waals surface area contributed by atoms with Crippen molar-refractivity contribution in [1.29, 1.82) is 0 Å². The number of aliphatic carboxylic acids is 1. The van der Waals surface area contributed by atoms with Gasteiger partial charge in [-0.25, -0.2) is 4.79 Å². The zero-order valence-corrected chi connectivity index (χ0v) is 10.6. The number of hydrogen-bond acceptors (Lipinski definition) is 5. The van der Waals surface area contributed by atoms with Gasteiger partial charge in [-0.1, -0.05) is 0 Å². The second kappa shape index (κ2) is 6.53. The quantitative estimate of drug-likeness (QED) is 0.581. The molecule has 8 nitrogen and oxygen atoms in total. The number of carbonyl (C=O) groups excluding carboxylic acids is 1. The maximum atomic E-state index is 11.7. The highest BCUT2D eigenvalue weighted by Crippen LogP contribution is 2.22. The van der Waals surface area contributed by atoms with Crippen LogP contribution in [0.2, 0.25) is 0 Å². The van der Waals surface area contributed by atoms with Crippen molar-refractivity contribution in [2.75, 3.05) is 12.4 Å². The van der Waals surface area contributed by atoms with E-state index in [1.165, 1.54) is 25.3 Å². The van der Waals surface area contributed by atoms with Crippen LogP contribution in [0.15, 0.2) is 18.2 Å². The Labute approximate surface area is 114 Å². The van der Waals surface area contributed by atoms with Crippen molar-refractivity contribution in [2.45, 2.75) is 12.5 Å². The Hall–Kier alpha value is -2.61. The van der Waals surface area contributed by atoms with Gasteiger partial charge in [0.1, 0.15) is 5.75 Å². The number of carboxylic acids is 2. The molecular weight excluding hydrogens is 268 g/mol. The standard InChI is InChI=1S/C12H14N2O6/c1-20-6-2-3-9(7(4-6)12(18)19)14-11(17)8(13)5-10(15)16/h2-4,8H,5,13H2,1H3,(H,14,17)(H,15,16)(H,18,19). The number of rotatable bonds is 6. The molecule has 0 saturated carbocycles. The Kier molecular flexibility index (Phi) is 5.04.